The Bertz CT molecular complexity index is 464. The molecule has 0 aromatic heterocycles. The molecule has 3 aliphatic heterocycles. The number of methoxy groups -OCH3 is 1. The summed E-state index contributed by atoms with van der Waals surface area (Å²) in [5.74, 6) is 1.86. The third-order valence-corrected chi connectivity index (χ3v) is 4.80. The van der Waals surface area contributed by atoms with Gasteiger partial charge in [-0.15, -0.1) is 0 Å². The van der Waals surface area contributed by atoms with Crippen LogP contribution in [-0.2, 0) is 0 Å². The molecule has 3 heteroatoms. The number of nitrogens with zero attached hydrogens (tertiary/aromatic N) is 1. The van der Waals surface area contributed by atoms with Crippen LogP contribution in [0.1, 0.15) is 24.0 Å². The quantitative estimate of drug-likeness (QED) is 0.904. The fourth-order valence-corrected chi connectivity index (χ4v) is 3.63. The Labute approximate surface area is 115 Å². The number of ether oxygens (including phenoxy) is 1. The second-order valence-corrected chi connectivity index (χ2v) is 5.98. The number of hydrogen-bond donors (Lipinski definition) is 1. The van der Waals surface area contributed by atoms with E-state index in [-0.39, 0.29) is 0 Å². The highest BCUT2D eigenvalue weighted by Crippen LogP contribution is 2.33. The Morgan fingerprint density at radius 2 is 1.95 bits per heavy atom. The first kappa shape index (κ1) is 12.8. The molecule has 0 amide bonds. The van der Waals surface area contributed by atoms with Crippen molar-refractivity contribution < 1.29 is 4.74 Å². The van der Waals surface area contributed by atoms with Gasteiger partial charge >= 0.3 is 0 Å². The summed E-state index contributed by atoms with van der Waals surface area (Å²) < 4.78 is 5.52. The van der Waals surface area contributed by atoms with Gasteiger partial charge in [0.15, 0.2) is 0 Å². The van der Waals surface area contributed by atoms with Gasteiger partial charge < -0.3 is 15.0 Å². The summed E-state index contributed by atoms with van der Waals surface area (Å²) in [7, 11) is 1.76. The highest BCUT2D eigenvalue weighted by atomic mass is 16.5. The lowest BCUT2D eigenvalue weighted by atomic mass is 9.84. The molecule has 1 unspecified atom stereocenters. The summed E-state index contributed by atoms with van der Waals surface area (Å²) in [5, 5.41) is 3.76. The van der Waals surface area contributed by atoms with Gasteiger partial charge in [0.05, 0.1) is 7.11 Å². The van der Waals surface area contributed by atoms with E-state index in [2.05, 4.69) is 36.2 Å². The molecule has 0 saturated carbocycles. The van der Waals surface area contributed by atoms with Gasteiger partial charge in [-0.1, -0.05) is 6.07 Å². The number of hydrogen-bond acceptors (Lipinski definition) is 3. The van der Waals surface area contributed by atoms with Gasteiger partial charge in [-0.2, -0.15) is 0 Å². The summed E-state index contributed by atoms with van der Waals surface area (Å²) in [4.78, 5) is 2.58. The van der Waals surface area contributed by atoms with Crippen molar-refractivity contribution in [3.63, 3.8) is 0 Å². The Kier molecular flexibility index (Phi) is 3.40. The first-order valence-corrected chi connectivity index (χ1v) is 7.32. The maximum Gasteiger partial charge on any atom is 0.126 e. The molecule has 0 radical (unpaired) electrons. The lowest BCUT2D eigenvalue weighted by Crippen LogP contribution is -2.53. The van der Waals surface area contributed by atoms with Crippen LogP contribution in [0.25, 0.3) is 0 Å². The van der Waals surface area contributed by atoms with Crippen LogP contribution < -0.4 is 10.1 Å². The molecule has 1 atom stereocenters. The van der Waals surface area contributed by atoms with Crippen LogP contribution in [0.2, 0.25) is 0 Å². The van der Waals surface area contributed by atoms with Gasteiger partial charge in [0.25, 0.3) is 0 Å². The first-order valence-electron chi connectivity index (χ1n) is 7.32. The largest absolute Gasteiger partial charge is 0.496 e. The highest BCUT2D eigenvalue weighted by molar-refractivity contribution is 5.60. The minimum Gasteiger partial charge on any atom is -0.496 e. The van der Waals surface area contributed by atoms with E-state index in [9.17, 15) is 0 Å². The topological polar surface area (TPSA) is 24.5 Å². The van der Waals surface area contributed by atoms with Gasteiger partial charge in [-0.05, 0) is 57.3 Å². The molecule has 3 fully saturated rings. The third kappa shape index (κ3) is 2.32. The maximum atomic E-state index is 5.52. The van der Waals surface area contributed by atoms with Gasteiger partial charge in [-0.3, -0.25) is 0 Å². The monoisotopic (exact) mass is 260 g/mol. The molecule has 1 aromatic rings. The first-order chi connectivity index (χ1) is 9.19. The van der Waals surface area contributed by atoms with Crippen LogP contribution in [-0.4, -0.2) is 37.7 Å². The zero-order chi connectivity index (χ0) is 13.4. The van der Waals surface area contributed by atoms with Crippen molar-refractivity contribution in [1.82, 2.24) is 4.90 Å². The number of anilines is 1. The summed E-state index contributed by atoms with van der Waals surface area (Å²) in [6.45, 7) is 8.03. The van der Waals surface area contributed by atoms with Crippen LogP contribution in [0.4, 0.5) is 5.69 Å². The summed E-state index contributed by atoms with van der Waals surface area (Å²) in [6, 6.07) is 4.95. The average Bonchev–Trinajstić information content (AvgIpc) is 2.44. The predicted octanol–water partition coefficient (Wildman–Crippen LogP) is 2.82. The van der Waals surface area contributed by atoms with E-state index < -0.39 is 0 Å². The number of benzene rings is 1. The molecule has 0 aliphatic carbocycles. The summed E-state index contributed by atoms with van der Waals surface area (Å²) >= 11 is 0. The fraction of sp³-hybridized carbons (Fsp3) is 0.625. The smallest absolute Gasteiger partial charge is 0.126 e. The number of rotatable bonds is 3. The van der Waals surface area contributed by atoms with Crippen molar-refractivity contribution in [3.8, 4) is 5.75 Å². The van der Waals surface area contributed by atoms with Crippen LogP contribution in [0, 0.1) is 19.8 Å². The molecular formula is C16H24N2O. The Balaban J connectivity index is 1.80. The van der Waals surface area contributed by atoms with Crippen LogP contribution in [0.5, 0.6) is 5.75 Å². The van der Waals surface area contributed by atoms with Gasteiger partial charge in [0.1, 0.15) is 5.75 Å². The average molecular weight is 260 g/mol. The highest BCUT2D eigenvalue weighted by Gasteiger charge is 2.34. The molecule has 19 heavy (non-hydrogen) atoms. The molecule has 3 saturated heterocycles. The van der Waals surface area contributed by atoms with Crippen LogP contribution in [0.15, 0.2) is 12.1 Å². The Morgan fingerprint density at radius 1 is 1.21 bits per heavy atom. The standard InChI is InChI=1S/C16H24N2O/c1-11-4-5-14(12(2)16(11)19-3)17-15-10-18-8-6-13(15)7-9-18/h4-5,13,15,17H,6-10H2,1-3H3. The third-order valence-electron chi connectivity index (χ3n) is 4.80. The minimum absolute atomic E-state index is 0.605. The maximum absolute atomic E-state index is 5.52. The number of piperidine rings is 3. The number of fused-ring (bicyclic) bond motifs is 3. The minimum atomic E-state index is 0.605. The van der Waals surface area contributed by atoms with Crippen molar-refractivity contribution in [3.05, 3.63) is 23.3 Å². The van der Waals surface area contributed by atoms with E-state index in [1.54, 1.807) is 7.11 Å². The molecule has 3 aliphatic rings. The zero-order valence-electron chi connectivity index (χ0n) is 12.2. The SMILES string of the molecule is COc1c(C)ccc(NC2CN3CCC2CC3)c1C. The number of aryl methyl sites for hydroxylation is 1. The molecule has 1 N–H and O–H groups in total. The lowest BCUT2D eigenvalue weighted by Gasteiger charge is -2.45. The van der Waals surface area contributed by atoms with Crippen molar-refractivity contribution in [1.29, 1.82) is 0 Å². The van der Waals surface area contributed by atoms with Crippen molar-refractivity contribution in [2.24, 2.45) is 5.92 Å². The van der Waals surface area contributed by atoms with E-state index in [4.69, 9.17) is 4.74 Å². The fourth-order valence-electron chi connectivity index (χ4n) is 3.63. The normalized spacial score (nSPS) is 29.3. The van der Waals surface area contributed by atoms with E-state index in [1.807, 2.05) is 0 Å². The second kappa shape index (κ2) is 5.04. The molecule has 3 nitrogen and oxygen atoms in total. The van der Waals surface area contributed by atoms with Crippen LogP contribution >= 0.6 is 0 Å². The van der Waals surface area contributed by atoms with Crippen molar-refractivity contribution >= 4 is 5.69 Å². The van der Waals surface area contributed by atoms with E-state index in [0.717, 1.165) is 11.7 Å². The van der Waals surface area contributed by atoms with E-state index >= 15 is 0 Å². The summed E-state index contributed by atoms with van der Waals surface area (Å²) in [6.07, 6.45) is 2.69. The lowest BCUT2D eigenvalue weighted by molar-refractivity contribution is 0.0975. The Hall–Kier alpha value is -1.22. The van der Waals surface area contributed by atoms with Crippen LogP contribution in [0.3, 0.4) is 0 Å². The zero-order valence-corrected chi connectivity index (χ0v) is 12.2. The van der Waals surface area contributed by atoms with E-state index in [1.165, 1.54) is 49.3 Å². The Morgan fingerprint density at radius 3 is 2.53 bits per heavy atom. The summed E-state index contributed by atoms with van der Waals surface area (Å²) in [5.41, 5.74) is 3.68. The van der Waals surface area contributed by atoms with Gasteiger partial charge in [0.2, 0.25) is 0 Å². The second-order valence-electron chi connectivity index (χ2n) is 5.98. The van der Waals surface area contributed by atoms with E-state index in [0.29, 0.717) is 6.04 Å². The molecule has 2 bridgehead atoms. The predicted molar refractivity (Wildman–Crippen MR) is 79.0 cm³/mol. The molecular weight excluding hydrogens is 236 g/mol. The van der Waals surface area contributed by atoms with Crippen molar-refractivity contribution in [2.45, 2.75) is 32.7 Å². The molecule has 0 spiro atoms. The number of nitrogens with one attached hydrogen (secondary N) is 1. The molecule has 3 heterocycles. The molecule has 104 valence electrons. The molecule has 4 rings (SSSR count). The molecule has 1 aromatic carbocycles. The van der Waals surface area contributed by atoms with Crippen molar-refractivity contribution in [2.75, 3.05) is 32.1 Å². The van der Waals surface area contributed by atoms with Gasteiger partial charge in [-0.25, -0.2) is 0 Å². The van der Waals surface area contributed by atoms with Gasteiger partial charge in [0, 0.05) is 23.8 Å².